The number of methoxy groups -OCH3 is 1. The van der Waals surface area contributed by atoms with Crippen LogP contribution >= 0.6 is 0 Å². The van der Waals surface area contributed by atoms with Gasteiger partial charge in [0.15, 0.2) is 0 Å². The summed E-state index contributed by atoms with van der Waals surface area (Å²) in [6, 6.07) is 7.35. The second kappa shape index (κ2) is 6.08. The van der Waals surface area contributed by atoms with E-state index in [1.54, 1.807) is 19.2 Å². The Morgan fingerprint density at radius 1 is 1.21 bits per heavy atom. The molecule has 4 fully saturated rings. The molecule has 0 saturated heterocycles. The number of ether oxygens (including phenoxy) is 2. The zero-order valence-electron chi connectivity index (χ0n) is 14.2. The van der Waals surface area contributed by atoms with Crippen LogP contribution in [-0.2, 0) is 9.47 Å². The van der Waals surface area contributed by atoms with Crippen molar-refractivity contribution in [3.8, 4) is 5.75 Å². The molecule has 4 aliphatic carbocycles. The minimum Gasteiger partial charge on any atom is -0.508 e. The van der Waals surface area contributed by atoms with Crippen molar-refractivity contribution in [1.82, 2.24) is 0 Å². The fourth-order valence-electron chi connectivity index (χ4n) is 5.57. The summed E-state index contributed by atoms with van der Waals surface area (Å²) in [6.07, 6.45) is 5.62. The average Bonchev–Trinajstić information content (AvgIpc) is 2.55. The van der Waals surface area contributed by atoms with Crippen LogP contribution in [0.25, 0.3) is 5.76 Å². The van der Waals surface area contributed by atoms with Crippen LogP contribution in [0.15, 0.2) is 29.8 Å². The largest absolute Gasteiger partial charge is 0.508 e. The summed E-state index contributed by atoms with van der Waals surface area (Å²) in [5.41, 5.74) is 2.34. The van der Waals surface area contributed by atoms with Crippen LogP contribution in [0.5, 0.6) is 5.75 Å². The Hall–Kier alpha value is -1.52. The third-order valence-corrected chi connectivity index (χ3v) is 6.09. The predicted octanol–water partition coefficient (Wildman–Crippen LogP) is 3.34. The molecule has 4 saturated carbocycles. The van der Waals surface area contributed by atoms with Crippen LogP contribution < -0.4 is 0 Å². The number of phenolic OH excluding ortho intramolecular Hbond substituents is 1. The molecule has 2 unspecified atom stereocenters. The monoisotopic (exact) mass is 330 g/mol. The van der Waals surface area contributed by atoms with Crippen molar-refractivity contribution in [2.45, 2.75) is 37.7 Å². The lowest BCUT2D eigenvalue weighted by Crippen LogP contribution is -2.53. The predicted molar refractivity (Wildman–Crippen MR) is 91.4 cm³/mol. The van der Waals surface area contributed by atoms with Crippen LogP contribution in [0.2, 0.25) is 0 Å². The van der Waals surface area contributed by atoms with Crippen molar-refractivity contribution in [2.24, 2.45) is 17.8 Å². The van der Waals surface area contributed by atoms with Crippen molar-refractivity contribution < 1.29 is 19.7 Å². The second-order valence-electron chi connectivity index (χ2n) is 7.64. The molecule has 0 spiro atoms. The maximum Gasteiger partial charge on any atom is 0.125 e. The van der Waals surface area contributed by atoms with Crippen molar-refractivity contribution >= 4 is 5.76 Å². The lowest BCUT2D eigenvalue weighted by Gasteiger charge is -2.57. The number of allylic oxidation sites excluding steroid dienone is 1. The number of hydrogen-bond donors (Lipinski definition) is 2. The molecule has 24 heavy (non-hydrogen) atoms. The summed E-state index contributed by atoms with van der Waals surface area (Å²) >= 11 is 0. The first kappa shape index (κ1) is 16.0. The molecule has 4 aliphatic rings. The quantitative estimate of drug-likeness (QED) is 0.813. The summed E-state index contributed by atoms with van der Waals surface area (Å²) in [6.45, 7) is 0.534. The highest BCUT2D eigenvalue weighted by atomic mass is 16.5. The third kappa shape index (κ3) is 2.62. The molecular formula is C20H26O4. The van der Waals surface area contributed by atoms with E-state index in [-0.39, 0.29) is 18.0 Å². The molecule has 0 aliphatic heterocycles. The van der Waals surface area contributed by atoms with E-state index in [1.165, 1.54) is 18.4 Å². The zero-order chi connectivity index (χ0) is 16.7. The van der Waals surface area contributed by atoms with Gasteiger partial charge in [0.25, 0.3) is 0 Å². The smallest absolute Gasteiger partial charge is 0.125 e. The molecule has 4 nitrogen and oxygen atoms in total. The summed E-state index contributed by atoms with van der Waals surface area (Å²) in [4.78, 5) is 0. The topological polar surface area (TPSA) is 58.9 Å². The van der Waals surface area contributed by atoms with Crippen LogP contribution in [0.1, 0.15) is 37.7 Å². The summed E-state index contributed by atoms with van der Waals surface area (Å²) < 4.78 is 11.9. The number of aliphatic hydroxyl groups excluding tert-OH is 1. The zero-order valence-corrected chi connectivity index (χ0v) is 14.2. The van der Waals surface area contributed by atoms with Crippen LogP contribution in [0, 0.1) is 17.8 Å². The number of phenols is 1. The van der Waals surface area contributed by atoms with E-state index >= 15 is 0 Å². The van der Waals surface area contributed by atoms with Gasteiger partial charge in [-0.05, 0) is 67.6 Å². The number of aromatic hydroxyl groups is 1. The van der Waals surface area contributed by atoms with E-state index in [0.29, 0.717) is 18.4 Å². The maximum absolute atomic E-state index is 9.82. The van der Waals surface area contributed by atoms with E-state index in [2.05, 4.69) is 0 Å². The Morgan fingerprint density at radius 2 is 1.96 bits per heavy atom. The lowest BCUT2D eigenvalue weighted by atomic mass is 9.52. The Balaban J connectivity index is 1.70. The molecule has 2 atom stereocenters. The average molecular weight is 330 g/mol. The Kier molecular flexibility index (Phi) is 4.05. The van der Waals surface area contributed by atoms with Crippen molar-refractivity contribution in [2.75, 3.05) is 20.3 Å². The van der Waals surface area contributed by atoms with E-state index in [9.17, 15) is 5.11 Å². The summed E-state index contributed by atoms with van der Waals surface area (Å²) in [5, 5.41) is 19.0. The highest BCUT2D eigenvalue weighted by Gasteiger charge is 2.54. The van der Waals surface area contributed by atoms with Gasteiger partial charge in [0.2, 0.25) is 0 Å². The Morgan fingerprint density at radius 3 is 2.58 bits per heavy atom. The van der Waals surface area contributed by atoms with Crippen molar-refractivity contribution in [1.29, 1.82) is 0 Å². The minimum atomic E-state index is -0.0413. The van der Waals surface area contributed by atoms with Gasteiger partial charge in [0.1, 0.15) is 11.5 Å². The molecule has 0 radical (unpaired) electrons. The Bertz CT molecular complexity index is 633. The summed E-state index contributed by atoms with van der Waals surface area (Å²) in [5.74, 6) is 2.93. The molecular weight excluding hydrogens is 304 g/mol. The molecule has 4 heteroatoms. The SMILES string of the molecule is COC(=C1C2CC3CC1CC(OCCO)(C3)C2)c1cccc(O)c1. The van der Waals surface area contributed by atoms with Gasteiger partial charge >= 0.3 is 0 Å². The van der Waals surface area contributed by atoms with Gasteiger partial charge in [-0.3, -0.25) is 0 Å². The van der Waals surface area contributed by atoms with Gasteiger partial charge in [0, 0.05) is 5.56 Å². The molecule has 1 aromatic rings. The normalized spacial score (nSPS) is 33.8. The standard InChI is InChI=1S/C20H26O4/c1-23-19(14-3-2-4-17(22)9-14)18-15-7-13-8-16(18)12-20(10-13,11-15)24-6-5-21/h2-4,9,13,15-16,21-22H,5-8,10-12H2,1H3. The molecule has 1 aromatic carbocycles. The maximum atomic E-state index is 9.82. The number of aliphatic hydroxyl groups is 1. The minimum absolute atomic E-state index is 0.0413. The molecule has 0 heterocycles. The van der Waals surface area contributed by atoms with Crippen molar-refractivity contribution in [3.05, 3.63) is 35.4 Å². The van der Waals surface area contributed by atoms with Gasteiger partial charge in [0.05, 0.1) is 25.9 Å². The van der Waals surface area contributed by atoms with Crippen LogP contribution in [0.4, 0.5) is 0 Å². The van der Waals surface area contributed by atoms with Gasteiger partial charge < -0.3 is 19.7 Å². The third-order valence-electron chi connectivity index (χ3n) is 6.09. The van der Waals surface area contributed by atoms with Crippen LogP contribution in [-0.4, -0.2) is 36.1 Å². The first-order chi connectivity index (χ1) is 11.6. The lowest BCUT2D eigenvalue weighted by molar-refractivity contribution is -0.149. The van der Waals surface area contributed by atoms with E-state index in [0.717, 1.165) is 36.5 Å². The first-order valence-electron chi connectivity index (χ1n) is 8.96. The molecule has 130 valence electrons. The molecule has 0 aromatic heterocycles. The fourth-order valence-corrected chi connectivity index (χ4v) is 5.57. The first-order valence-corrected chi connectivity index (χ1v) is 8.96. The van der Waals surface area contributed by atoms with Gasteiger partial charge in [-0.1, -0.05) is 12.1 Å². The van der Waals surface area contributed by atoms with E-state index < -0.39 is 0 Å². The van der Waals surface area contributed by atoms with E-state index in [4.69, 9.17) is 14.6 Å². The highest BCUT2D eigenvalue weighted by molar-refractivity contribution is 5.66. The second-order valence-corrected chi connectivity index (χ2v) is 7.64. The highest BCUT2D eigenvalue weighted by Crippen LogP contribution is 2.60. The van der Waals surface area contributed by atoms with Gasteiger partial charge in [-0.15, -0.1) is 0 Å². The van der Waals surface area contributed by atoms with Gasteiger partial charge in [-0.25, -0.2) is 0 Å². The number of hydrogen-bond acceptors (Lipinski definition) is 4. The Labute approximate surface area is 143 Å². The molecule has 5 rings (SSSR count). The molecule has 0 amide bonds. The number of benzene rings is 1. The van der Waals surface area contributed by atoms with E-state index in [1.807, 2.05) is 12.1 Å². The van der Waals surface area contributed by atoms with Crippen molar-refractivity contribution in [3.63, 3.8) is 0 Å². The number of rotatable bonds is 5. The molecule has 4 bridgehead atoms. The van der Waals surface area contributed by atoms with Crippen LogP contribution in [0.3, 0.4) is 0 Å². The fraction of sp³-hybridized carbons (Fsp3) is 0.600. The summed E-state index contributed by atoms with van der Waals surface area (Å²) in [7, 11) is 1.73. The van der Waals surface area contributed by atoms with Gasteiger partial charge in [-0.2, -0.15) is 0 Å². The molecule has 2 N–H and O–H groups in total.